The van der Waals surface area contributed by atoms with Gasteiger partial charge in [-0.05, 0) is 36.8 Å². The van der Waals surface area contributed by atoms with Gasteiger partial charge in [-0.25, -0.2) is 0 Å². The van der Waals surface area contributed by atoms with Gasteiger partial charge in [0.1, 0.15) is 12.4 Å². The molecule has 4 heteroatoms. The molecule has 19 heavy (non-hydrogen) atoms. The first kappa shape index (κ1) is 14.0. The molecule has 0 heterocycles. The number of hydrogen-bond donors (Lipinski definition) is 1. The van der Waals surface area contributed by atoms with Crippen LogP contribution >= 0.6 is 23.2 Å². The molecule has 0 saturated heterocycles. The van der Waals surface area contributed by atoms with Crippen molar-refractivity contribution in [3.05, 3.63) is 58.1 Å². The summed E-state index contributed by atoms with van der Waals surface area (Å²) < 4.78 is 5.69. The van der Waals surface area contributed by atoms with Crippen molar-refractivity contribution in [3.8, 4) is 5.75 Å². The number of anilines is 1. The Hall–Kier alpha value is -1.38. The average Bonchev–Trinajstić information content (AvgIpc) is 2.40. The van der Waals surface area contributed by atoms with E-state index in [1.54, 1.807) is 12.1 Å². The van der Waals surface area contributed by atoms with E-state index in [-0.39, 0.29) is 0 Å². The number of aryl methyl sites for hydroxylation is 1. The molecule has 0 aliphatic carbocycles. The zero-order valence-corrected chi connectivity index (χ0v) is 12.1. The van der Waals surface area contributed by atoms with E-state index in [1.165, 1.54) is 0 Å². The molecule has 2 aromatic carbocycles. The molecule has 1 N–H and O–H groups in total. The highest BCUT2D eigenvalue weighted by atomic mass is 35.5. The van der Waals surface area contributed by atoms with Gasteiger partial charge in [0.2, 0.25) is 0 Å². The fraction of sp³-hybridized carbons (Fsp3) is 0.200. The molecule has 0 amide bonds. The van der Waals surface area contributed by atoms with Crippen molar-refractivity contribution in [1.29, 1.82) is 0 Å². The van der Waals surface area contributed by atoms with E-state index in [0.29, 0.717) is 23.2 Å². The molecule has 100 valence electrons. The highest BCUT2D eigenvalue weighted by Gasteiger charge is 2.00. The maximum atomic E-state index is 5.94. The largest absolute Gasteiger partial charge is 0.491 e. The van der Waals surface area contributed by atoms with Crippen LogP contribution in [0.3, 0.4) is 0 Å². The number of hydrogen-bond acceptors (Lipinski definition) is 2. The number of benzene rings is 2. The first-order valence-corrected chi connectivity index (χ1v) is 6.80. The molecular formula is C15H15Cl2NO. The number of ether oxygens (including phenoxy) is 1. The zero-order valence-electron chi connectivity index (χ0n) is 10.6. The molecule has 0 aromatic heterocycles. The Morgan fingerprint density at radius 3 is 2.58 bits per heavy atom. The summed E-state index contributed by atoms with van der Waals surface area (Å²) in [5.41, 5.74) is 2.07. The monoisotopic (exact) mass is 295 g/mol. The molecule has 0 aliphatic rings. The van der Waals surface area contributed by atoms with E-state index in [1.807, 2.05) is 37.3 Å². The van der Waals surface area contributed by atoms with Gasteiger partial charge in [-0.3, -0.25) is 0 Å². The van der Waals surface area contributed by atoms with Gasteiger partial charge in [0.15, 0.2) is 0 Å². The fourth-order valence-corrected chi connectivity index (χ4v) is 1.98. The second kappa shape index (κ2) is 6.69. The molecule has 0 spiro atoms. The Morgan fingerprint density at radius 1 is 1.05 bits per heavy atom. The maximum absolute atomic E-state index is 5.94. The molecule has 0 aliphatic heterocycles. The average molecular weight is 296 g/mol. The summed E-state index contributed by atoms with van der Waals surface area (Å²) in [7, 11) is 0. The van der Waals surface area contributed by atoms with Gasteiger partial charge < -0.3 is 10.1 Å². The lowest BCUT2D eigenvalue weighted by molar-refractivity contribution is 0.330. The second-order valence-electron chi connectivity index (χ2n) is 4.17. The van der Waals surface area contributed by atoms with Crippen LogP contribution in [0.4, 0.5) is 5.69 Å². The molecule has 2 aromatic rings. The van der Waals surface area contributed by atoms with Gasteiger partial charge in [0.05, 0.1) is 10.0 Å². The van der Waals surface area contributed by atoms with Crippen LogP contribution in [0.1, 0.15) is 5.56 Å². The zero-order chi connectivity index (χ0) is 13.7. The fourth-order valence-electron chi connectivity index (χ4n) is 1.68. The quantitative estimate of drug-likeness (QED) is 0.801. The van der Waals surface area contributed by atoms with E-state index < -0.39 is 0 Å². The van der Waals surface area contributed by atoms with E-state index in [4.69, 9.17) is 27.9 Å². The minimum Gasteiger partial charge on any atom is -0.491 e. The molecular weight excluding hydrogens is 281 g/mol. The third kappa shape index (κ3) is 4.05. The van der Waals surface area contributed by atoms with Crippen LogP contribution in [0.25, 0.3) is 0 Å². The predicted octanol–water partition coefficient (Wildman–Crippen LogP) is 4.79. The number of rotatable bonds is 5. The molecule has 0 radical (unpaired) electrons. The summed E-state index contributed by atoms with van der Waals surface area (Å²) in [4.78, 5) is 0. The Labute approximate surface area is 123 Å². The Kier molecular flexibility index (Phi) is 4.94. The highest BCUT2D eigenvalue weighted by molar-refractivity contribution is 6.42. The van der Waals surface area contributed by atoms with E-state index >= 15 is 0 Å². The lowest BCUT2D eigenvalue weighted by Gasteiger charge is -2.10. The van der Waals surface area contributed by atoms with Crippen LogP contribution in [0, 0.1) is 6.92 Å². The Balaban J connectivity index is 1.81. The molecule has 0 unspecified atom stereocenters. The first-order chi connectivity index (χ1) is 9.16. The van der Waals surface area contributed by atoms with Crippen molar-refractivity contribution in [2.24, 2.45) is 0 Å². The van der Waals surface area contributed by atoms with Gasteiger partial charge in [-0.1, -0.05) is 41.4 Å². The minimum atomic E-state index is 0.548. The van der Waals surface area contributed by atoms with Crippen molar-refractivity contribution in [1.82, 2.24) is 0 Å². The van der Waals surface area contributed by atoms with Crippen LogP contribution in [-0.2, 0) is 0 Å². The lowest BCUT2D eigenvalue weighted by Crippen LogP contribution is -2.11. The molecule has 0 atom stereocenters. The number of para-hydroxylation sites is 1. The summed E-state index contributed by atoms with van der Waals surface area (Å²) in [6, 6.07) is 13.4. The lowest BCUT2D eigenvalue weighted by atomic mass is 10.2. The summed E-state index contributed by atoms with van der Waals surface area (Å²) in [6.07, 6.45) is 0. The predicted molar refractivity (Wildman–Crippen MR) is 81.6 cm³/mol. The Bertz CT molecular complexity index is 558. The van der Waals surface area contributed by atoms with E-state index in [0.717, 1.165) is 17.0 Å². The van der Waals surface area contributed by atoms with E-state index in [2.05, 4.69) is 5.32 Å². The van der Waals surface area contributed by atoms with Gasteiger partial charge in [-0.2, -0.15) is 0 Å². The molecule has 0 saturated carbocycles. The van der Waals surface area contributed by atoms with Gasteiger partial charge >= 0.3 is 0 Å². The van der Waals surface area contributed by atoms with Crippen molar-refractivity contribution in [3.63, 3.8) is 0 Å². The van der Waals surface area contributed by atoms with Crippen molar-refractivity contribution < 1.29 is 4.74 Å². The number of halogens is 2. The smallest absolute Gasteiger partial charge is 0.122 e. The normalized spacial score (nSPS) is 10.3. The standard InChI is InChI=1S/C15H15Cl2NO/c1-11-4-2-3-5-15(11)19-9-8-18-12-6-7-13(16)14(17)10-12/h2-7,10,18H,8-9H2,1H3. The van der Waals surface area contributed by atoms with Gasteiger partial charge in [-0.15, -0.1) is 0 Å². The van der Waals surface area contributed by atoms with Gasteiger partial charge in [0.25, 0.3) is 0 Å². The topological polar surface area (TPSA) is 21.3 Å². The number of nitrogens with one attached hydrogen (secondary N) is 1. The van der Waals surface area contributed by atoms with Crippen LogP contribution < -0.4 is 10.1 Å². The summed E-state index contributed by atoms with van der Waals surface area (Å²) in [6.45, 7) is 3.32. The molecule has 0 fully saturated rings. The van der Waals surface area contributed by atoms with Crippen molar-refractivity contribution in [2.75, 3.05) is 18.5 Å². The van der Waals surface area contributed by atoms with Crippen molar-refractivity contribution in [2.45, 2.75) is 6.92 Å². The second-order valence-corrected chi connectivity index (χ2v) is 4.98. The SMILES string of the molecule is Cc1ccccc1OCCNc1ccc(Cl)c(Cl)c1. The third-order valence-electron chi connectivity index (χ3n) is 2.70. The van der Waals surface area contributed by atoms with E-state index in [9.17, 15) is 0 Å². The molecule has 2 rings (SSSR count). The van der Waals surface area contributed by atoms with Crippen molar-refractivity contribution >= 4 is 28.9 Å². The highest BCUT2D eigenvalue weighted by Crippen LogP contribution is 2.24. The Morgan fingerprint density at radius 2 is 1.84 bits per heavy atom. The van der Waals surface area contributed by atoms with Crippen LogP contribution in [0.5, 0.6) is 5.75 Å². The third-order valence-corrected chi connectivity index (χ3v) is 3.44. The molecule has 2 nitrogen and oxygen atoms in total. The maximum Gasteiger partial charge on any atom is 0.122 e. The summed E-state index contributed by atoms with van der Waals surface area (Å²) >= 11 is 11.8. The first-order valence-electron chi connectivity index (χ1n) is 6.04. The van der Waals surface area contributed by atoms with Crippen LogP contribution in [0.15, 0.2) is 42.5 Å². The summed E-state index contributed by atoms with van der Waals surface area (Å²) in [5.74, 6) is 0.915. The molecule has 0 bridgehead atoms. The van der Waals surface area contributed by atoms with Crippen LogP contribution in [-0.4, -0.2) is 13.2 Å². The summed E-state index contributed by atoms with van der Waals surface area (Å²) in [5, 5.41) is 4.34. The minimum absolute atomic E-state index is 0.548. The van der Waals surface area contributed by atoms with Crippen LogP contribution in [0.2, 0.25) is 10.0 Å². The van der Waals surface area contributed by atoms with Gasteiger partial charge in [0, 0.05) is 12.2 Å².